The van der Waals surface area contributed by atoms with E-state index in [-0.39, 0.29) is 4.90 Å². The first-order chi connectivity index (χ1) is 13.5. The molecule has 3 rings (SSSR count). The molecule has 0 radical (unpaired) electrons. The molecule has 142 valence electrons. The zero-order chi connectivity index (χ0) is 20.0. The standard InChI is InChI=1S/C21H18N2O4S/c24-21(22-25)14-9-16-5-4-8-19(15-16)23-28(26,27)20-12-10-18(11-13-20)17-6-2-1-3-7-17/h1-15,23,25H,(H,22,24)/b14-9+. The first-order valence-corrected chi connectivity index (χ1v) is 9.87. The molecule has 0 spiro atoms. The number of carbonyl (C=O) groups excluding carboxylic acids is 1. The predicted octanol–water partition coefficient (Wildman–Crippen LogP) is 3.67. The zero-order valence-electron chi connectivity index (χ0n) is 14.7. The van der Waals surface area contributed by atoms with E-state index in [2.05, 4.69) is 4.72 Å². The SMILES string of the molecule is O=C(/C=C/c1cccc(NS(=O)(=O)c2ccc(-c3ccccc3)cc2)c1)NO. The molecule has 0 bridgehead atoms. The quantitative estimate of drug-likeness (QED) is 0.338. The number of carbonyl (C=O) groups is 1. The highest BCUT2D eigenvalue weighted by atomic mass is 32.2. The molecule has 0 aliphatic carbocycles. The first-order valence-electron chi connectivity index (χ1n) is 8.38. The van der Waals surface area contributed by atoms with Crippen LogP contribution in [-0.2, 0) is 14.8 Å². The number of amides is 1. The van der Waals surface area contributed by atoms with Crippen LogP contribution in [-0.4, -0.2) is 19.5 Å². The Hall–Kier alpha value is -3.42. The molecule has 28 heavy (non-hydrogen) atoms. The van der Waals surface area contributed by atoms with Gasteiger partial charge in [-0.15, -0.1) is 0 Å². The van der Waals surface area contributed by atoms with Crippen LogP contribution >= 0.6 is 0 Å². The summed E-state index contributed by atoms with van der Waals surface area (Å²) in [7, 11) is -3.76. The van der Waals surface area contributed by atoms with Gasteiger partial charge in [0.05, 0.1) is 4.90 Å². The van der Waals surface area contributed by atoms with Gasteiger partial charge in [0.1, 0.15) is 0 Å². The summed E-state index contributed by atoms with van der Waals surface area (Å²) in [4.78, 5) is 11.2. The highest BCUT2D eigenvalue weighted by Crippen LogP contribution is 2.23. The van der Waals surface area contributed by atoms with Gasteiger partial charge in [-0.25, -0.2) is 13.9 Å². The lowest BCUT2D eigenvalue weighted by molar-refractivity contribution is -0.124. The topological polar surface area (TPSA) is 95.5 Å². The number of nitrogens with one attached hydrogen (secondary N) is 2. The van der Waals surface area contributed by atoms with E-state index in [4.69, 9.17) is 5.21 Å². The number of hydroxylamine groups is 1. The molecule has 3 N–H and O–H groups in total. The molecule has 0 saturated heterocycles. The molecule has 0 fully saturated rings. The van der Waals surface area contributed by atoms with Gasteiger partial charge in [0.25, 0.3) is 15.9 Å². The van der Waals surface area contributed by atoms with E-state index < -0.39 is 15.9 Å². The number of benzene rings is 3. The number of anilines is 1. The monoisotopic (exact) mass is 394 g/mol. The summed E-state index contributed by atoms with van der Waals surface area (Å²) in [5, 5.41) is 8.50. The fourth-order valence-electron chi connectivity index (χ4n) is 2.59. The third-order valence-electron chi connectivity index (χ3n) is 3.95. The zero-order valence-corrected chi connectivity index (χ0v) is 15.6. The van der Waals surface area contributed by atoms with Crippen LogP contribution in [0.15, 0.2) is 89.8 Å². The Morgan fingerprint density at radius 1 is 0.857 bits per heavy atom. The molecule has 0 aliphatic heterocycles. The van der Waals surface area contributed by atoms with Crippen LogP contribution in [0.5, 0.6) is 0 Å². The van der Waals surface area contributed by atoms with E-state index in [0.717, 1.165) is 17.2 Å². The van der Waals surface area contributed by atoms with E-state index in [1.54, 1.807) is 48.5 Å². The molecule has 0 aliphatic rings. The maximum atomic E-state index is 12.6. The molecule has 3 aromatic rings. The molecule has 7 heteroatoms. The molecule has 0 saturated carbocycles. The molecule has 0 atom stereocenters. The minimum absolute atomic E-state index is 0.146. The van der Waals surface area contributed by atoms with Gasteiger partial charge in [-0.2, -0.15) is 0 Å². The first kappa shape index (κ1) is 19.3. The van der Waals surface area contributed by atoms with Gasteiger partial charge >= 0.3 is 0 Å². The van der Waals surface area contributed by atoms with Crippen LogP contribution in [0.2, 0.25) is 0 Å². The molecular formula is C21H18N2O4S. The third-order valence-corrected chi connectivity index (χ3v) is 5.35. The predicted molar refractivity (Wildman–Crippen MR) is 108 cm³/mol. The summed E-state index contributed by atoms with van der Waals surface area (Å²) in [6, 6.07) is 22.9. The van der Waals surface area contributed by atoms with Gasteiger partial charge in [0, 0.05) is 11.8 Å². The fourth-order valence-corrected chi connectivity index (χ4v) is 3.64. The average molecular weight is 394 g/mol. The smallest absolute Gasteiger partial charge is 0.267 e. The summed E-state index contributed by atoms with van der Waals surface area (Å²) < 4.78 is 27.8. The Balaban J connectivity index is 1.78. The lowest BCUT2D eigenvalue weighted by Crippen LogP contribution is -2.14. The summed E-state index contributed by atoms with van der Waals surface area (Å²) in [6.45, 7) is 0. The highest BCUT2D eigenvalue weighted by molar-refractivity contribution is 7.92. The van der Waals surface area contributed by atoms with Crippen molar-refractivity contribution in [1.82, 2.24) is 5.48 Å². The van der Waals surface area contributed by atoms with Crippen LogP contribution in [0, 0.1) is 0 Å². The van der Waals surface area contributed by atoms with Gasteiger partial charge in [-0.05, 0) is 47.0 Å². The molecular weight excluding hydrogens is 376 g/mol. The van der Waals surface area contributed by atoms with Crippen molar-refractivity contribution in [2.75, 3.05) is 4.72 Å². The van der Waals surface area contributed by atoms with Gasteiger partial charge in [-0.3, -0.25) is 14.7 Å². The second-order valence-corrected chi connectivity index (χ2v) is 7.61. The fraction of sp³-hybridized carbons (Fsp3) is 0. The van der Waals surface area contributed by atoms with Crippen molar-refractivity contribution in [2.24, 2.45) is 0 Å². The summed E-state index contributed by atoms with van der Waals surface area (Å²) in [6.07, 6.45) is 2.59. The van der Waals surface area contributed by atoms with E-state index >= 15 is 0 Å². The van der Waals surface area contributed by atoms with Crippen LogP contribution in [0.25, 0.3) is 17.2 Å². The molecule has 6 nitrogen and oxygen atoms in total. The maximum absolute atomic E-state index is 12.6. The lowest BCUT2D eigenvalue weighted by atomic mass is 10.1. The second-order valence-electron chi connectivity index (χ2n) is 5.93. The third kappa shape index (κ3) is 4.85. The number of sulfonamides is 1. The van der Waals surface area contributed by atoms with Crippen molar-refractivity contribution in [3.63, 3.8) is 0 Å². The van der Waals surface area contributed by atoms with E-state index in [9.17, 15) is 13.2 Å². The number of hydrogen-bond acceptors (Lipinski definition) is 4. The lowest BCUT2D eigenvalue weighted by Gasteiger charge is -2.10. The Morgan fingerprint density at radius 2 is 1.54 bits per heavy atom. The van der Waals surface area contributed by atoms with Gasteiger partial charge in [0.2, 0.25) is 0 Å². The Labute approximate surface area is 163 Å². The molecule has 0 unspecified atom stereocenters. The van der Waals surface area contributed by atoms with E-state index in [1.807, 2.05) is 30.3 Å². The Bertz CT molecular complexity index is 1090. The van der Waals surface area contributed by atoms with Crippen molar-refractivity contribution in [1.29, 1.82) is 0 Å². The van der Waals surface area contributed by atoms with Crippen molar-refractivity contribution >= 4 is 27.7 Å². The molecule has 1 amide bonds. The highest BCUT2D eigenvalue weighted by Gasteiger charge is 2.14. The van der Waals surface area contributed by atoms with Crippen LogP contribution < -0.4 is 10.2 Å². The van der Waals surface area contributed by atoms with Crippen molar-refractivity contribution < 1.29 is 18.4 Å². The molecule has 0 aromatic heterocycles. The van der Waals surface area contributed by atoms with Crippen LogP contribution in [0.1, 0.15) is 5.56 Å². The van der Waals surface area contributed by atoms with E-state index in [0.29, 0.717) is 11.3 Å². The van der Waals surface area contributed by atoms with Crippen LogP contribution in [0.3, 0.4) is 0 Å². The van der Waals surface area contributed by atoms with Crippen molar-refractivity contribution in [2.45, 2.75) is 4.90 Å². The van der Waals surface area contributed by atoms with Crippen molar-refractivity contribution in [3.8, 4) is 11.1 Å². The summed E-state index contributed by atoms with van der Waals surface area (Å²) >= 11 is 0. The molecule has 3 aromatic carbocycles. The summed E-state index contributed by atoms with van der Waals surface area (Å²) in [5.74, 6) is -0.676. The second kappa shape index (κ2) is 8.51. The average Bonchev–Trinajstić information content (AvgIpc) is 2.72. The molecule has 0 heterocycles. The van der Waals surface area contributed by atoms with Gasteiger partial charge in [-0.1, -0.05) is 54.6 Å². The van der Waals surface area contributed by atoms with Crippen molar-refractivity contribution in [3.05, 3.63) is 90.5 Å². The van der Waals surface area contributed by atoms with Gasteiger partial charge in [0.15, 0.2) is 0 Å². The summed E-state index contributed by atoms with van der Waals surface area (Å²) in [5.41, 5.74) is 4.38. The Morgan fingerprint density at radius 3 is 2.21 bits per heavy atom. The largest absolute Gasteiger partial charge is 0.288 e. The van der Waals surface area contributed by atoms with Gasteiger partial charge < -0.3 is 0 Å². The number of rotatable bonds is 6. The Kier molecular flexibility index (Phi) is 5.88. The maximum Gasteiger partial charge on any atom is 0.267 e. The minimum atomic E-state index is -3.76. The van der Waals surface area contributed by atoms with Crippen LogP contribution in [0.4, 0.5) is 5.69 Å². The normalized spacial score (nSPS) is 11.3. The minimum Gasteiger partial charge on any atom is -0.288 e. The van der Waals surface area contributed by atoms with E-state index in [1.165, 1.54) is 11.6 Å². The number of hydrogen-bond donors (Lipinski definition) is 3.